The van der Waals surface area contributed by atoms with Crippen LogP contribution in [0.15, 0.2) is 78.9 Å². The largest absolute Gasteiger partial charge is 0.582 e. The van der Waals surface area contributed by atoms with Gasteiger partial charge in [-0.25, -0.2) is 0 Å². The number of esters is 1. The molecule has 5 heteroatoms. The van der Waals surface area contributed by atoms with Crippen LogP contribution >= 0.6 is 0 Å². The Labute approximate surface area is 190 Å². The van der Waals surface area contributed by atoms with Crippen molar-refractivity contribution in [1.29, 1.82) is 0 Å². The second kappa shape index (κ2) is 11.3. The predicted octanol–water partition coefficient (Wildman–Crippen LogP) is 5.43. The zero-order chi connectivity index (χ0) is 22.9. The molecule has 0 aromatic heterocycles. The summed E-state index contributed by atoms with van der Waals surface area (Å²) in [4.78, 5) is 14.8. The van der Waals surface area contributed by atoms with Gasteiger partial charge in [-0.3, -0.25) is 9.69 Å². The minimum atomic E-state index is -0.253. The van der Waals surface area contributed by atoms with Crippen LogP contribution in [-0.2, 0) is 16.1 Å². The Morgan fingerprint density at radius 2 is 1.59 bits per heavy atom. The number of hydrogen-bond donors (Lipinski definition) is 0. The molecule has 3 aromatic carbocycles. The molecule has 0 fully saturated rings. The van der Waals surface area contributed by atoms with Crippen LogP contribution in [0.5, 0.6) is 11.5 Å². The highest BCUT2D eigenvalue weighted by Crippen LogP contribution is 2.38. The monoisotopic (exact) mass is 434 g/mol. The van der Waals surface area contributed by atoms with Gasteiger partial charge < -0.3 is 14.2 Å². The minimum Gasteiger partial charge on any atom is -0.582 e. The van der Waals surface area contributed by atoms with Crippen molar-refractivity contribution >= 4 is 5.97 Å². The van der Waals surface area contributed by atoms with Crippen LogP contribution in [-0.4, -0.2) is 36.9 Å². The first kappa shape index (κ1) is 23.4. The molecule has 1 N–H and O–H groups in total. The lowest BCUT2D eigenvalue weighted by Gasteiger charge is -2.37. The average Bonchev–Trinajstić information content (AvgIpc) is 2.86. The zero-order valence-electron chi connectivity index (χ0n) is 19.2. The lowest BCUT2D eigenvalue weighted by molar-refractivity contribution is -0.142. The summed E-state index contributed by atoms with van der Waals surface area (Å²) in [6.45, 7) is 2.86. The number of carbonyl (C=O) groups is 1. The molecule has 3 rings (SSSR count). The van der Waals surface area contributed by atoms with E-state index in [0.717, 1.165) is 11.3 Å². The van der Waals surface area contributed by atoms with Crippen molar-refractivity contribution in [3.8, 4) is 11.5 Å². The molecular weight excluding hydrogens is 402 g/mol. The first-order valence-electron chi connectivity index (χ1n) is 10.8. The molecule has 0 spiro atoms. The third kappa shape index (κ3) is 5.68. The normalized spacial score (nSPS) is 12.8. The molecule has 0 bridgehead atoms. The standard InChI is InChI=1S/C27H31NO4/c1-20(22-13-9-6-10-14-22)28(19-21-11-7-5-8-12-21)24(18-27(29)32-4)23-15-16-25(30-2)26(17-23)31-3/h5-17,20,24H,18-19H2,1-4H3/p+1/t20-,24+/m1/s1. The minimum absolute atomic E-state index is 0.0626. The van der Waals surface area contributed by atoms with Crippen molar-refractivity contribution in [2.24, 2.45) is 0 Å². The van der Waals surface area contributed by atoms with E-state index in [4.69, 9.17) is 9.47 Å². The highest BCUT2D eigenvalue weighted by atomic mass is 16.5. The van der Waals surface area contributed by atoms with Crippen molar-refractivity contribution < 1.29 is 19.0 Å². The third-order valence-corrected chi connectivity index (χ3v) is 5.80. The lowest BCUT2D eigenvalue weighted by atomic mass is 9.96. The molecular formula is C27H32NO4+. The number of carbonyl (C=O) groups excluding carboxylic acids is 1. The van der Waals surface area contributed by atoms with Crippen LogP contribution in [0.3, 0.4) is 0 Å². The Morgan fingerprint density at radius 3 is 2.19 bits per heavy atom. The van der Waals surface area contributed by atoms with Crippen LogP contribution < -0.4 is 4.74 Å². The number of hydrogen-bond acceptors (Lipinski definition) is 4. The smallest absolute Gasteiger partial charge is 0.307 e. The average molecular weight is 435 g/mol. The fourth-order valence-electron chi connectivity index (χ4n) is 3.99. The Balaban J connectivity index is 2.08. The second-order valence-electron chi connectivity index (χ2n) is 7.70. The predicted molar refractivity (Wildman–Crippen MR) is 127 cm³/mol. The molecule has 2 atom stereocenters. The van der Waals surface area contributed by atoms with Gasteiger partial charge in [-0.05, 0) is 35.7 Å². The van der Waals surface area contributed by atoms with Gasteiger partial charge in [0.15, 0.2) is 7.11 Å². The molecule has 0 radical (unpaired) electrons. The zero-order valence-corrected chi connectivity index (χ0v) is 19.2. The molecule has 5 nitrogen and oxygen atoms in total. The number of aliphatic hydroxyl groups is 1. The second-order valence-corrected chi connectivity index (χ2v) is 7.70. The lowest BCUT2D eigenvalue weighted by Crippen LogP contribution is -2.33. The molecule has 168 valence electrons. The van der Waals surface area contributed by atoms with E-state index in [-0.39, 0.29) is 24.5 Å². The van der Waals surface area contributed by atoms with Crippen LogP contribution in [0, 0.1) is 0 Å². The van der Waals surface area contributed by atoms with E-state index in [1.165, 1.54) is 18.2 Å². The SMILES string of the molecule is COC(=O)C[C@@H](c1ccc([OH+]C)c(OC)c1)N(Cc1ccccc1)[C@H](C)c1ccccc1. The van der Waals surface area contributed by atoms with Gasteiger partial charge >= 0.3 is 5.97 Å². The number of ether oxygens (including phenoxy) is 3. The van der Waals surface area contributed by atoms with Crippen LogP contribution in [0.2, 0.25) is 0 Å². The summed E-state index contributed by atoms with van der Waals surface area (Å²) in [6.07, 6.45) is 0.228. The van der Waals surface area contributed by atoms with Gasteiger partial charge in [0.25, 0.3) is 5.75 Å². The maximum Gasteiger partial charge on any atom is 0.307 e. The first-order chi connectivity index (χ1) is 15.6. The van der Waals surface area contributed by atoms with Crippen molar-refractivity contribution in [3.05, 3.63) is 95.6 Å². The van der Waals surface area contributed by atoms with Gasteiger partial charge in [0, 0.05) is 24.7 Å². The Morgan fingerprint density at radius 1 is 0.938 bits per heavy atom. The Kier molecular flexibility index (Phi) is 8.28. The number of nitrogens with zero attached hydrogens (tertiary/aromatic N) is 1. The number of aromatic hydroxyl groups is 1. The quantitative estimate of drug-likeness (QED) is 0.315. The maximum absolute atomic E-state index is 12.5. The van der Waals surface area contributed by atoms with Crippen LogP contribution in [0.1, 0.15) is 42.1 Å². The molecule has 0 saturated carbocycles. The summed E-state index contributed by atoms with van der Waals surface area (Å²) >= 11 is 0. The van der Waals surface area contributed by atoms with Crippen molar-refractivity contribution in [3.63, 3.8) is 0 Å². The maximum atomic E-state index is 12.5. The van der Waals surface area contributed by atoms with E-state index in [1.807, 2.05) is 54.6 Å². The van der Waals surface area contributed by atoms with Crippen LogP contribution in [0.4, 0.5) is 0 Å². The number of benzene rings is 3. The molecule has 32 heavy (non-hydrogen) atoms. The topological polar surface area (TPSA) is 51.6 Å². The molecule has 0 aliphatic heterocycles. The van der Waals surface area contributed by atoms with Crippen LogP contribution in [0.25, 0.3) is 0 Å². The summed E-state index contributed by atoms with van der Waals surface area (Å²) in [5, 5.41) is 0. The number of rotatable bonds is 10. The Hall–Kier alpha value is -3.31. The summed E-state index contributed by atoms with van der Waals surface area (Å²) in [6, 6.07) is 26.4. The van der Waals surface area contributed by atoms with Gasteiger partial charge in [-0.15, -0.1) is 0 Å². The molecule has 0 aliphatic rings. The van der Waals surface area contributed by atoms with Crippen molar-refractivity contribution in [2.45, 2.75) is 32.0 Å². The van der Waals surface area contributed by atoms with E-state index >= 15 is 0 Å². The van der Waals surface area contributed by atoms with E-state index < -0.39 is 0 Å². The van der Waals surface area contributed by atoms with Gasteiger partial charge in [0.1, 0.15) is 0 Å². The van der Waals surface area contributed by atoms with Gasteiger partial charge in [-0.2, -0.15) is 0 Å². The van der Waals surface area contributed by atoms with E-state index in [1.54, 1.807) is 14.2 Å². The summed E-state index contributed by atoms with van der Waals surface area (Å²) in [5.74, 6) is 1.21. The molecule has 0 amide bonds. The van der Waals surface area contributed by atoms with Crippen molar-refractivity contribution in [1.82, 2.24) is 4.90 Å². The fourth-order valence-corrected chi connectivity index (χ4v) is 3.99. The van der Waals surface area contributed by atoms with Gasteiger partial charge in [-0.1, -0.05) is 60.7 Å². The van der Waals surface area contributed by atoms with E-state index in [2.05, 4.69) is 40.8 Å². The van der Waals surface area contributed by atoms with Gasteiger partial charge in [0.2, 0.25) is 5.75 Å². The van der Waals surface area contributed by atoms with Gasteiger partial charge in [0.05, 0.1) is 20.6 Å². The molecule has 3 aromatic rings. The first-order valence-corrected chi connectivity index (χ1v) is 10.8. The van der Waals surface area contributed by atoms with E-state index in [0.29, 0.717) is 12.3 Å². The Bertz CT molecular complexity index is 991. The highest BCUT2D eigenvalue weighted by Gasteiger charge is 2.30. The molecule has 0 heterocycles. The third-order valence-electron chi connectivity index (χ3n) is 5.80. The highest BCUT2D eigenvalue weighted by molar-refractivity contribution is 5.70. The summed E-state index contributed by atoms with van der Waals surface area (Å²) in [5.41, 5.74) is 3.35. The molecule has 0 aliphatic carbocycles. The summed E-state index contributed by atoms with van der Waals surface area (Å²) < 4.78 is 14.9. The van der Waals surface area contributed by atoms with Crippen molar-refractivity contribution in [2.75, 3.05) is 21.3 Å². The number of methoxy groups -OCH3 is 2. The molecule has 0 saturated heterocycles. The summed E-state index contributed by atoms with van der Waals surface area (Å²) in [7, 11) is 4.81. The van der Waals surface area contributed by atoms with E-state index in [9.17, 15) is 4.79 Å². The molecule has 0 unspecified atom stereocenters. The fraction of sp³-hybridized carbons (Fsp3) is 0.296.